The molecule has 8 nitrogen and oxygen atoms in total. The Morgan fingerprint density at radius 3 is 2.50 bits per heavy atom. The Balaban J connectivity index is 1.41. The number of tetrazole rings is 1. The molecule has 0 aliphatic rings. The zero-order valence-electron chi connectivity index (χ0n) is 19.3. The number of unbranched alkanes of at least 4 members (excludes halogenated alkanes) is 6. The molecule has 0 unspecified atom stereocenters. The topological polar surface area (TPSA) is 114 Å². The molecule has 0 saturated heterocycles. The van der Waals surface area contributed by atoms with Gasteiger partial charge in [0.2, 0.25) is 5.82 Å². The van der Waals surface area contributed by atoms with Crippen molar-refractivity contribution in [1.82, 2.24) is 20.6 Å². The SMILES string of the molecule is CCCCCCCCCc1ccc(C(=O)Nc2cccc3c(=O)cc(-c4nn[nH]n4)oc23)cc1. The van der Waals surface area contributed by atoms with Crippen molar-refractivity contribution in [2.24, 2.45) is 0 Å². The van der Waals surface area contributed by atoms with E-state index in [-0.39, 0.29) is 28.5 Å². The molecule has 0 bridgehead atoms. The maximum Gasteiger partial charge on any atom is 0.255 e. The molecule has 2 aromatic heterocycles. The molecule has 2 aromatic carbocycles. The first kappa shape index (κ1) is 23.4. The predicted molar refractivity (Wildman–Crippen MR) is 132 cm³/mol. The van der Waals surface area contributed by atoms with Gasteiger partial charge in [0.15, 0.2) is 16.8 Å². The molecular formula is C26H29N5O3. The first-order chi connectivity index (χ1) is 16.7. The van der Waals surface area contributed by atoms with E-state index in [1.807, 2.05) is 24.3 Å². The van der Waals surface area contributed by atoms with Crippen molar-refractivity contribution in [2.75, 3.05) is 5.32 Å². The van der Waals surface area contributed by atoms with Crippen molar-refractivity contribution in [1.29, 1.82) is 0 Å². The van der Waals surface area contributed by atoms with Crippen LogP contribution in [0.4, 0.5) is 5.69 Å². The Labute approximate surface area is 197 Å². The van der Waals surface area contributed by atoms with Crippen LogP contribution in [0.2, 0.25) is 0 Å². The second-order valence-electron chi connectivity index (χ2n) is 8.41. The summed E-state index contributed by atoms with van der Waals surface area (Å²) in [5.41, 5.74) is 2.17. The molecule has 4 aromatic rings. The number of benzene rings is 2. The molecule has 0 radical (unpaired) electrons. The van der Waals surface area contributed by atoms with Crippen LogP contribution in [0.25, 0.3) is 22.6 Å². The standard InChI is InChI=1S/C26H29N5O3/c1-2-3-4-5-6-7-8-10-18-13-15-19(16-14-18)26(33)27-21-12-9-11-20-22(32)17-23(34-24(20)21)25-28-30-31-29-25/h9,11-17H,2-8,10H2,1H3,(H,27,33)(H,28,29,30,31). The highest BCUT2D eigenvalue weighted by atomic mass is 16.3. The Morgan fingerprint density at radius 1 is 1.00 bits per heavy atom. The number of aromatic amines is 1. The summed E-state index contributed by atoms with van der Waals surface area (Å²) in [7, 11) is 0. The van der Waals surface area contributed by atoms with Crippen molar-refractivity contribution in [3.05, 3.63) is 69.9 Å². The van der Waals surface area contributed by atoms with E-state index in [1.54, 1.807) is 18.2 Å². The average Bonchev–Trinajstić information content (AvgIpc) is 3.39. The van der Waals surface area contributed by atoms with E-state index in [4.69, 9.17) is 4.42 Å². The number of rotatable bonds is 11. The van der Waals surface area contributed by atoms with Gasteiger partial charge in [0, 0.05) is 11.6 Å². The minimum Gasteiger partial charge on any atom is -0.450 e. The van der Waals surface area contributed by atoms with Crippen LogP contribution >= 0.6 is 0 Å². The summed E-state index contributed by atoms with van der Waals surface area (Å²) in [4.78, 5) is 25.4. The molecule has 0 fully saturated rings. The maximum absolute atomic E-state index is 12.9. The van der Waals surface area contributed by atoms with Crippen LogP contribution < -0.4 is 10.7 Å². The Kier molecular flexibility index (Phi) is 7.80. The Morgan fingerprint density at radius 2 is 1.76 bits per heavy atom. The van der Waals surface area contributed by atoms with Gasteiger partial charge in [0.1, 0.15) is 0 Å². The van der Waals surface area contributed by atoms with Crippen LogP contribution in [0.5, 0.6) is 0 Å². The van der Waals surface area contributed by atoms with E-state index in [0.717, 1.165) is 12.8 Å². The zero-order valence-corrected chi connectivity index (χ0v) is 19.3. The number of carbonyl (C=O) groups excluding carboxylic acids is 1. The molecule has 2 N–H and O–H groups in total. The third-order valence-corrected chi connectivity index (χ3v) is 5.85. The van der Waals surface area contributed by atoms with Crippen LogP contribution in [0.15, 0.2) is 57.7 Å². The number of carbonyl (C=O) groups is 1. The molecule has 1 amide bonds. The number of fused-ring (bicyclic) bond motifs is 1. The molecule has 0 atom stereocenters. The van der Waals surface area contributed by atoms with Crippen molar-refractivity contribution < 1.29 is 9.21 Å². The summed E-state index contributed by atoms with van der Waals surface area (Å²) in [5.74, 6) is 0.0573. The smallest absolute Gasteiger partial charge is 0.255 e. The molecule has 2 heterocycles. The minimum absolute atomic E-state index is 0.164. The highest BCUT2D eigenvalue weighted by Gasteiger charge is 2.15. The largest absolute Gasteiger partial charge is 0.450 e. The van der Waals surface area contributed by atoms with Gasteiger partial charge in [-0.3, -0.25) is 9.59 Å². The molecule has 4 rings (SSSR count). The molecule has 0 spiro atoms. The fourth-order valence-corrected chi connectivity index (χ4v) is 3.96. The summed E-state index contributed by atoms with van der Waals surface area (Å²) < 4.78 is 5.86. The molecule has 8 heteroatoms. The number of anilines is 1. The second kappa shape index (κ2) is 11.4. The minimum atomic E-state index is -0.275. The zero-order chi connectivity index (χ0) is 23.8. The van der Waals surface area contributed by atoms with Crippen LogP contribution in [-0.4, -0.2) is 26.5 Å². The number of aromatic nitrogens is 4. The van der Waals surface area contributed by atoms with Gasteiger partial charge in [-0.2, -0.15) is 5.21 Å². The lowest BCUT2D eigenvalue weighted by molar-refractivity contribution is 0.102. The molecule has 0 aliphatic heterocycles. The van der Waals surface area contributed by atoms with Crippen LogP contribution in [0.3, 0.4) is 0 Å². The number of hydrogen-bond acceptors (Lipinski definition) is 6. The summed E-state index contributed by atoms with van der Waals surface area (Å²) in [6.45, 7) is 2.23. The third kappa shape index (κ3) is 5.75. The molecule has 0 aliphatic carbocycles. The van der Waals surface area contributed by atoms with Gasteiger partial charge in [-0.15, -0.1) is 10.2 Å². The van der Waals surface area contributed by atoms with Crippen LogP contribution in [-0.2, 0) is 6.42 Å². The number of aryl methyl sites for hydroxylation is 1. The monoisotopic (exact) mass is 459 g/mol. The summed E-state index contributed by atoms with van der Waals surface area (Å²) in [6, 6.07) is 14.0. The van der Waals surface area contributed by atoms with Gasteiger partial charge in [-0.25, -0.2) is 0 Å². The lowest BCUT2D eigenvalue weighted by atomic mass is 10.0. The van der Waals surface area contributed by atoms with Crippen molar-refractivity contribution >= 4 is 22.6 Å². The van der Waals surface area contributed by atoms with E-state index in [2.05, 4.69) is 32.9 Å². The normalized spacial score (nSPS) is 11.1. The fraction of sp³-hybridized carbons (Fsp3) is 0.346. The Bertz CT molecular complexity index is 1280. The van der Waals surface area contributed by atoms with E-state index < -0.39 is 0 Å². The fourth-order valence-electron chi connectivity index (χ4n) is 3.96. The molecular weight excluding hydrogens is 430 g/mol. The average molecular weight is 460 g/mol. The maximum atomic E-state index is 12.9. The predicted octanol–water partition coefficient (Wildman–Crippen LogP) is 5.52. The molecule has 34 heavy (non-hydrogen) atoms. The van der Waals surface area contributed by atoms with Gasteiger partial charge in [-0.05, 0) is 47.9 Å². The summed E-state index contributed by atoms with van der Waals surface area (Å²) in [6.07, 6.45) is 9.96. The number of H-pyrrole nitrogens is 1. The second-order valence-corrected chi connectivity index (χ2v) is 8.41. The van der Waals surface area contributed by atoms with Gasteiger partial charge < -0.3 is 9.73 Å². The van der Waals surface area contributed by atoms with Crippen LogP contribution in [0.1, 0.15) is 67.8 Å². The van der Waals surface area contributed by atoms with Crippen LogP contribution in [0, 0.1) is 0 Å². The van der Waals surface area contributed by atoms with Gasteiger partial charge in [-0.1, -0.05) is 63.6 Å². The van der Waals surface area contributed by atoms with Gasteiger partial charge in [0.25, 0.3) is 5.91 Å². The quantitative estimate of drug-likeness (QED) is 0.286. The van der Waals surface area contributed by atoms with Gasteiger partial charge >= 0.3 is 0 Å². The highest BCUT2D eigenvalue weighted by Crippen LogP contribution is 2.25. The van der Waals surface area contributed by atoms with Crippen molar-refractivity contribution in [3.63, 3.8) is 0 Å². The first-order valence-corrected chi connectivity index (χ1v) is 11.9. The Hall–Kier alpha value is -3.81. The molecule has 0 saturated carbocycles. The van der Waals surface area contributed by atoms with Gasteiger partial charge in [0.05, 0.1) is 11.1 Å². The number of hydrogen-bond donors (Lipinski definition) is 2. The molecule has 176 valence electrons. The van der Waals surface area contributed by atoms with E-state index in [1.165, 1.54) is 50.2 Å². The number of nitrogens with one attached hydrogen (secondary N) is 2. The third-order valence-electron chi connectivity index (χ3n) is 5.85. The number of para-hydroxylation sites is 1. The lowest BCUT2D eigenvalue weighted by Gasteiger charge is -2.09. The van der Waals surface area contributed by atoms with Crippen molar-refractivity contribution in [2.45, 2.75) is 58.3 Å². The van der Waals surface area contributed by atoms with E-state index in [9.17, 15) is 9.59 Å². The van der Waals surface area contributed by atoms with E-state index >= 15 is 0 Å². The summed E-state index contributed by atoms with van der Waals surface area (Å²) >= 11 is 0. The summed E-state index contributed by atoms with van der Waals surface area (Å²) in [5, 5.41) is 16.8. The number of nitrogens with zero attached hydrogens (tertiary/aromatic N) is 3. The van der Waals surface area contributed by atoms with Crippen molar-refractivity contribution in [3.8, 4) is 11.6 Å². The lowest BCUT2D eigenvalue weighted by Crippen LogP contribution is -2.13. The first-order valence-electron chi connectivity index (χ1n) is 11.9. The number of amides is 1. The van der Waals surface area contributed by atoms with E-state index in [0.29, 0.717) is 16.6 Å². The highest BCUT2D eigenvalue weighted by molar-refractivity contribution is 6.08.